The number of nitrogens with zero attached hydrogens (tertiary/aromatic N) is 3. The molecule has 2 amide bonds. The molecule has 2 fully saturated rings. The predicted octanol–water partition coefficient (Wildman–Crippen LogP) is 2.62. The minimum Gasteiger partial charge on any atom is -0.378 e. The van der Waals surface area contributed by atoms with Gasteiger partial charge in [0.2, 0.25) is 0 Å². The fourth-order valence-electron chi connectivity index (χ4n) is 3.91. The summed E-state index contributed by atoms with van der Waals surface area (Å²) in [5.41, 5.74) is 1.05. The van der Waals surface area contributed by atoms with E-state index in [1.54, 1.807) is 17.5 Å². The lowest BCUT2D eigenvalue weighted by Crippen LogP contribution is -2.41. The maximum atomic E-state index is 12.4. The fraction of sp³-hybridized carbons (Fsp3) is 0.524. The molecule has 4 rings (SSSR count). The van der Waals surface area contributed by atoms with Crippen molar-refractivity contribution in [2.45, 2.75) is 25.4 Å². The van der Waals surface area contributed by atoms with Crippen LogP contribution in [0.2, 0.25) is 0 Å². The molecule has 2 N–H and O–H groups in total. The normalized spacial score (nSPS) is 18.6. The van der Waals surface area contributed by atoms with Gasteiger partial charge in [0.05, 0.1) is 19.3 Å². The second-order valence-corrected chi connectivity index (χ2v) is 8.44. The van der Waals surface area contributed by atoms with E-state index in [1.807, 2.05) is 12.1 Å². The fourth-order valence-corrected chi connectivity index (χ4v) is 4.77. The quantitative estimate of drug-likeness (QED) is 0.728. The maximum absolute atomic E-state index is 12.4. The Morgan fingerprint density at radius 2 is 2.00 bits per heavy atom. The van der Waals surface area contributed by atoms with Gasteiger partial charge in [0, 0.05) is 37.3 Å². The summed E-state index contributed by atoms with van der Waals surface area (Å²) in [7, 11) is 0. The predicted molar refractivity (Wildman–Crippen MR) is 115 cm³/mol. The number of nitrogens with one attached hydrogen (secondary N) is 2. The molecule has 2 aliphatic rings. The average molecular weight is 416 g/mol. The summed E-state index contributed by atoms with van der Waals surface area (Å²) in [6, 6.07) is 8.37. The Morgan fingerprint density at radius 1 is 1.17 bits per heavy atom. The zero-order valence-corrected chi connectivity index (χ0v) is 17.5. The first-order valence-electron chi connectivity index (χ1n) is 10.4. The number of thiophene rings is 1. The second-order valence-electron chi connectivity index (χ2n) is 7.46. The molecule has 8 heteroatoms. The minimum atomic E-state index is -0.129. The van der Waals surface area contributed by atoms with Crippen LogP contribution >= 0.6 is 11.3 Å². The van der Waals surface area contributed by atoms with Crippen molar-refractivity contribution in [2.75, 3.05) is 50.8 Å². The number of pyridine rings is 1. The van der Waals surface area contributed by atoms with Gasteiger partial charge in [0.25, 0.3) is 0 Å². The molecule has 1 unspecified atom stereocenters. The van der Waals surface area contributed by atoms with Gasteiger partial charge in [-0.2, -0.15) is 0 Å². The van der Waals surface area contributed by atoms with Crippen molar-refractivity contribution in [1.29, 1.82) is 0 Å². The van der Waals surface area contributed by atoms with Gasteiger partial charge in [-0.25, -0.2) is 9.78 Å². The van der Waals surface area contributed by atoms with Crippen LogP contribution in [0.4, 0.5) is 10.6 Å². The molecule has 2 aliphatic heterocycles. The highest BCUT2D eigenvalue weighted by Gasteiger charge is 2.24. The summed E-state index contributed by atoms with van der Waals surface area (Å²) in [6.45, 7) is 6.49. The SMILES string of the molecule is O=C(NCc1ccnc(N2CCOCC2)c1)NCC(c1cccs1)N1CCCC1. The van der Waals surface area contributed by atoms with Gasteiger partial charge in [0.1, 0.15) is 5.82 Å². The van der Waals surface area contributed by atoms with Crippen molar-refractivity contribution in [3.05, 3.63) is 46.3 Å². The molecule has 0 aromatic carbocycles. The Morgan fingerprint density at radius 3 is 2.76 bits per heavy atom. The van der Waals surface area contributed by atoms with Crippen molar-refractivity contribution < 1.29 is 9.53 Å². The van der Waals surface area contributed by atoms with Crippen LogP contribution in [-0.2, 0) is 11.3 Å². The highest BCUT2D eigenvalue weighted by atomic mass is 32.1. The number of anilines is 1. The van der Waals surface area contributed by atoms with E-state index in [1.165, 1.54) is 17.7 Å². The Kier molecular flexibility index (Phi) is 6.97. The zero-order chi connectivity index (χ0) is 19.9. The molecule has 0 aliphatic carbocycles. The van der Waals surface area contributed by atoms with Gasteiger partial charge < -0.3 is 20.3 Å². The van der Waals surface area contributed by atoms with E-state index in [-0.39, 0.29) is 12.1 Å². The lowest BCUT2D eigenvalue weighted by molar-refractivity contribution is 0.122. The van der Waals surface area contributed by atoms with Gasteiger partial charge in [-0.15, -0.1) is 11.3 Å². The number of carbonyl (C=O) groups excluding carboxylic acids is 1. The first-order valence-corrected chi connectivity index (χ1v) is 11.2. The number of likely N-dealkylation sites (tertiary alicyclic amines) is 1. The number of hydrogen-bond acceptors (Lipinski definition) is 6. The van der Waals surface area contributed by atoms with Crippen molar-refractivity contribution in [3.63, 3.8) is 0 Å². The number of hydrogen-bond donors (Lipinski definition) is 2. The highest BCUT2D eigenvalue weighted by molar-refractivity contribution is 7.10. The highest BCUT2D eigenvalue weighted by Crippen LogP contribution is 2.27. The average Bonchev–Trinajstić information content (AvgIpc) is 3.48. The second kappa shape index (κ2) is 10.0. The van der Waals surface area contributed by atoms with E-state index in [9.17, 15) is 4.79 Å². The van der Waals surface area contributed by atoms with E-state index in [2.05, 4.69) is 42.9 Å². The van der Waals surface area contributed by atoms with Gasteiger partial charge in [-0.05, 0) is 55.1 Å². The van der Waals surface area contributed by atoms with Crippen LogP contribution in [0.25, 0.3) is 0 Å². The number of rotatable bonds is 7. The summed E-state index contributed by atoms with van der Waals surface area (Å²) in [5, 5.41) is 8.16. The largest absolute Gasteiger partial charge is 0.378 e. The molecule has 0 spiro atoms. The third-order valence-electron chi connectivity index (χ3n) is 5.51. The molecule has 1 atom stereocenters. The summed E-state index contributed by atoms with van der Waals surface area (Å²) in [6.07, 6.45) is 4.28. The van der Waals surface area contributed by atoms with E-state index in [4.69, 9.17) is 4.74 Å². The molecule has 156 valence electrons. The van der Waals surface area contributed by atoms with Gasteiger partial charge in [-0.1, -0.05) is 6.07 Å². The van der Waals surface area contributed by atoms with E-state index >= 15 is 0 Å². The molecule has 7 nitrogen and oxygen atoms in total. The summed E-state index contributed by atoms with van der Waals surface area (Å²) in [4.78, 5) is 22.9. The zero-order valence-electron chi connectivity index (χ0n) is 16.7. The van der Waals surface area contributed by atoms with Gasteiger partial charge in [-0.3, -0.25) is 4.90 Å². The number of urea groups is 1. The van der Waals surface area contributed by atoms with Crippen LogP contribution in [0, 0.1) is 0 Å². The number of carbonyl (C=O) groups is 1. The van der Waals surface area contributed by atoms with Crippen LogP contribution in [0.1, 0.15) is 29.3 Å². The Balaban J connectivity index is 1.28. The van der Waals surface area contributed by atoms with Gasteiger partial charge >= 0.3 is 6.03 Å². The van der Waals surface area contributed by atoms with Crippen LogP contribution in [0.5, 0.6) is 0 Å². The third kappa shape index (κ3) is 5.46. The Hall–Kier alpha value is -2.16. The lowest BCUT2D eigenvalue weighted by Gasteiger charge is -2.28. The molecule has 0 radical (unpaired) electrons. The Bertz CT molecular complexity index is 773. The number of aromatic nitrogens is 1. The summed E-state index contributed by atoms with van der Waals surface area (Å²) >= 11 is 1.76. The van der Waals surface area contributed by atoms with Crippen molar-refractivity contribution in [2.24, 2.45) is 0 Å². The van der Waals surface area contributed by atoms with Gasteiger partial charge in [0.15, 0.2) is 0 Å². The lowest BCUT2D eigenvalue weighted by atomic mass is 10.2. The number of ether oxygens (including phenoxy) is 1. The Labute approximate surface area is 176 Å². The standard InChI is InChI=1S/C21H29N5O2S/c27-21(24-16-18(19-4-3-13-29-19)25-7-1-2-8-25)23-15-17-5-6-22-20(14-17)26-9-11-28-12-10-26/h3-6,13-14,18H,1-2,7-12,15-16H2,(H2,23,24,27). The smallest absolute Gasteiger partial charge is 0.315 e. The van der Waals surface area contributed by atoms with Crippen LogP contribution < -0.4 is 15.5 Å². The first kappa shape index (κ1) is 20.1. The molecule has 0 bridgehead atoms. The maximum Gasteiger partial charge on any atom is 0.315 e. The molecule has 2 saturated heterocycles. The summed E-state index contributed by atoms with van der Waals surface area (Å²) < 4.78 is 5.40. The van der Waals surface area contributed by atoms with Crippen molar-refractivity contribution in [1.82, 2.24) is 20.5 Å². The topological polar surface area (TPSA) is 69.7 Å². The molecular formula is C21H29N5O2S. The van der Waals surface area contributed by atoms with E-state index in [0.717, 1.165) is 50.8 Å². The number of amides is 2. The number of morpholine rings is 1. The van der Waals surface area contributed by atoms with E-state index in [0.29, 0.717) is 13.1 Å². The third-order valence-corrected chi connectivity index (χ3v) is 6.48. The first-order chi connectivity index (χ1) is 14.3. The summed E-state index contributed by atoms with van der Waals surface area (Å²) in [5.74, 6) is 0.944. The molecular weight excluding hydrogens is 386 g/mol. The van der Waals surface area contributed by atoms with Crippen LogP contribution in [-0.4, -0.2) is 61.9 Å². The van der Waals surface area contributed by atoms with E-state index < -0.39 is 0 Å². The monoisotopic (exact) mass is 415 g/mol. The molecule has 29 heavy (non-hydrogen) atoms. The van der Waals surface area contributed by atoms with Crippen LogP contribution in [0.3, 0.4) is 0 Å². The molecule has 2 aromatic heterocycles. The van der Waals surface area contributed by atoms with Crippen LogP contribution in [0.15, 0.2) is 35.8 Å². The molecule has 0 saturated carbocycles. The molecule has 2 aromatic rings. The molecule has 4 heterocycles. The minimum absolute atomic E-state index is 0.129. The van der Waals surface area contributed by atoms with Crippen molar-refractivity contribution in [3.8, 4) is 0 Å². The van der Waals surface area contributed by atoms with Crippen molar-refractivity contribution >= 4 is 23.2 Å².